The van der Waals surface area contributed by atoms with Gasteiger partial charge in [-0.15, -0.1) is 11.3 Å². The SMILES string of the molecule is CNC(C)Cc1nc(C)sc1C1(C)CNCC1C(=O)N1CCC(c2ccccc2)CC1C1CCCCC1. The second kappa shape index (κ2) is 11.5. The average molecular weight is 523 g/mol. The smallest absolute Gasteiger partial charge is 0.228 e. The fourth-order valence-electron chi connectivity index (χ4n) is 7.33. The highest BCUT2D eigenvalue weighted by molar-refractivity contribution is 7.11. The van der Waals surface area contributed by atoms with Crippen molar-refractivity contribution in [2.45, 2.75) is 95.6 Å². The van der Waals surface area contributed by atoms with Crippen LogP contribution in [0, 0.1) is 18.8 Å². The Bertz CT molecular complexity index is 1050. The molecule has 2 saturated heterocycles. The number of aryl methyl sites for hydroxylation is 1. The van der Waals surface area contributed by atoms with Crippen molar-refractivity contribution in [1.82, 2.24) is 20.5 Å². The van der Waals surface area contributed by atoms with Gasteiger partial charge in [-0.1, -0.05) is 56.5 Å². The Balaban J connectivity index is 1.42. The van der Waals surface area contributed by atoms with Gasteiger partial charge in [0.15, 0.2) is 0 Å². The number of likely N-dealkylation sites (tertiary alicyclic amines) is 1. The van der Waals surface area contributed by atoms with E-state index in [0.717, 1.165) is 43.9 Å². The molecule has 1 aromatic heterocycles. The van der Waals surface area contributed by atoms with Crippen LogP contribution >= 0.6 is 11.3 Å². The zero-order chi connectivity index (χ0) is 26.0. The van der Waals surface area contributed by atoms with Gasteiger partial charge in [0, 0.05) is 48.4 Å². The van der Waals surface area contributed by atoms with Crippen molar-refractivity contribution in [3.63, 3.8) is 0 Å². The number of aromatic nitrogens is 1. The molecule has 1 saturated carbocycles. The predicted molar refractivity (Wildman–Crippen MR) is 153 cm³/mol. The van der Waals surface area contributed by atoms with Crippen molar-refractivity contribution in [2.24, 2.45) is 11.8 Å². The number of nitrogens with one attached hydrogen (secondary N) is 2. The highest BCUT2D eigenvalue weighted by Gasteiger charge is 2.50. The minimum Gasteiger partial charge on any atom is -0.339 e. The van der Waals surface area contributed by atoms with Crippen LogP contribution in [0.2, 0.25) is 0 Å². The molecule has 0 spiro atoms. The van der Waals surface area contributed by atoms with Gasteiger partial charge in [0.05, 0.1) is 16.6 Å². The molecule has 1 aromatic carbocycles. The molecule has 2 N–H and O–H groups in total. The van der Waals surface area contributed by atoms with Crippen molar-refractivity contribution < 1.29 is 4.79 Å². The highest BCUT2D eigenvalue weighted by atomic mass is 32.1. The summed E-state index contributed by atoms with van der Waals surface area (Å²) in [5.74, 6) is 1.55. The Kier molecular flexibility index (Phi) is 8.37. The molecule has 202 valence electrons. The number of benzene rings is 1. The number of likely N-dealkylation sites (N-methyl/N-ethyl adjacent to an activating group) is 1. The lowest BCUT2D eigenvalue weighted by molar-refractivity contribution is -0.142. The fraction of sp³-hybridized carbons (Fsp3) is 0.677. The van der Waals surface area contributed by atoms with Gasteiger partial charge >= 0.3 is 0 Å². The third kappa shape index (κ3) is 5.53. The molecule has 5 nitrogen and oxygen atoms in total. The van der Waals surface area contributed by atoms with Gasteiger partial charge in [-0.2, -0.15) is 0 Å². The van der Waals surface area contributed by atoms with Gasteiger partial charge in [-0.05, 0) is 64.0 Å². The molecule has 2 aliphatic heterocycles. The number of hydrogen-bond acceptors (Lipinski definition) is 5. The second-order valence-corrected chi connectivity index (χ2v) is 13.3. The van der Waals surface area contributed by atoms with E-state index in [9.17, 15) is 4.79 Å². The van der Waals surface area contributed by atoms with E-state index in [1.165, 1.54) is 48.2 Å². The van der Waals surface area contributed by atoms with Crippen LogP contribution in [0.4, 0.5) is 0 Å². The standard InChI is InChI=1S/C31H46N4OS/c1-21(32-4)17-27-29(37-22(2)34-27)31(3)20-33-19-26(31)30(36)35-16-15-25(23-11-7-5-8-12-23)18-28(35)24-13-9-6-10-14-24/h5,7-8,11-12,21,24-26,28,32-33H,6,9-10,13-20H2,1-4H3. The topological polar surface area (TPSA) is 57.3 Å². The normalized spacial score (nSPS) is 29.9. The van der Waals surface area contributed by atoms with Crippen molar-refractivity contribution >= 4 is 17.2 Å². The minimum atomic E-state index is -0.209. The van der Waals surface area contributed by atoms with E-state index in [1.807, 2.05) is 18.4 Å². The lowest BCUT2D eigenvalue weighted by atomic mass is 9.73. The van der Waals surface area contributed by atoms with Gasteiger partial charge in [0.25, 0.3) is 0 Å². The fourth-order valence-corrected chi connectivity index (χ4v) is 8.48. The Hall–Kier alpha value is -1.76. The quantitative estimate of drug-likeness (QED) is 0.509. The van der Waals surface area contributed by atoms with E-state index in [1.54, 1.807) is 0 Å². The number of carbonyl (C=O) groups is 1. The molecule has 6 heteroatoms. The summed E-state index contributed by atoms with van der Waals surface area (Å²) in [4.78, 5) is 23.2. The van der Waals surface area contributed by atoms with E-state index in [2.05, 4.69) is 66.6 Å². The second-order valence-electron chi connectivity index (χ2n) is 12.1. The number of piperidine rings is 1. The predicted octanol–water partition coefficient (Wildman–Crippen LogP) is 5.43. The molecular formula is C31H46N4OS. The summed E-state index contributed by atoms with van der Waals surface area (Å²) in [5, 5.41) is 8.11. The van der Waals surface area contributed by atoms with Crippen LogP contribution in [0.15, 0.2) is 30.3 Å². The molecule has 3 heterocycles. The Morgan fingerprint density at radius 2 is 1.97 bits per heavy atom. The first-order valence-corrected chi connectivity index (χ1v) is 15.4. The molecule has 5 atom stereocenters. The van der Waals surface area contributed by atoms with E-state index >= 15 is 0 Å². The summed E-state index contributed by atoms with van der Waals surface area (Å²) in [5.41, 5.74) is 2.42. The molecular weight excluding hydrogens is 476 g/mol. The van der Waals surface area contributed by atoms with E-state index in [4.69, 9.17) is 4.98 Å². The highest BCUT2D eigenvalue weighted by Crippen LogP contribution is 2.45. The Morgan fingerprint density at radius 1 is 1.22 bits per heavy atom. The first-order valence-electron chi connectivity index (χ1n) is 14.6. The molecule has 0 bridgehead atoms. The first-order chi connectivity index (χ1) is 17.9. The molecule has 1 amide bonds. The lowest BCUT2D eigenvalue weighted by Crippen LogP contribution is -2.54. The number of nitrogens with zero attached hydrogens (tertiary/aromatic N) is 2. The van der Waals surface area contributed by atoms with Crippen LogP contribution in [0.1, 0.15) is 85.9 Å². The molecule has 5 rings (SSSR count). The summed E-state index contributed by atoms with van der Waals surface area (Å²) in [6, 6.07) is 11.8. The van der Waals surface area contributed by atoms with Crippen LogP contribution in [0.5, 0.6) is 0 Å². The first kappa shape index (κ1) is 26.8. The maximum absolute atomic E-state index is 14.5. The van der Waals surface area contributed by atoms with Crippen molar-refractivity contribution in [3.8, 4) is 0 Å². The maximum atomic E-state index is 14.5. The summed E-state index contributed by atoms with van der Waals surface area (Å²) in [6.45, 7) is 9.14. The third-order valence-electron chi connectivity index (χ3n) is 9.62. The molecule has 2 aromatic rings. The number of amides is 1. The van der Waals surface area contributed by atoms with Gasteiger partial charge < -0.3 is 15.5 Å². The Labute approximate surface area is 227 Å². The van der Waals surface area contributed by atoms with Crippen LogP contribution in [0.25, 0.3) is 0 Å². The summed E-state index contributed by atoms with van der Waals surface area (Å²) < 4.78 is 0. The summed E-state index contributed by atoms with van der Waals surface area (Å²) >= 11 is 1.81. The molecule has 5 unspecified atom stereocenters. The summed E-state index contributed by atoms with van der Waals surface area (Å²) in [6.07, 6.45) is 9.61. The van der Waals surface area contributed by atoms with Gasteiger partial charge in [0.1, 0.15) is 0 Å². The Morgan fingerprint density at radius 3 is 2.70 bits per heavy atom. The third-order valence-corrected chi connectivity index (χ3v) is 10.9. The van der Waals surface area contributed by atoms with Gasteiger partial charge in [0.2, 0.25) is 5.91 Å². The van der Waals surface area contributed by atoms with Crippen molar-refractivity contribution in [1.29, 1.82) is 0 Å². The number of thiazole rings is 1. The number of hydrogen-bond donors (Lipinski definition) is 2. The van der Waals surface area contributed by atoms with E-state index < -0.39 is 0 Å². The van der Waals surface area contributed by atoms with Crippen LogP contribution in [-0.4, -0.2) is 54.6 Å². The van der Waals surface area contributed by atoms with E-state index in [0.29, 0.717) is 29.8 Å². The van der Waals surface area contributed by atoms with Crippen LogP contribution in [-0.2, 0) is 16.6 Å². The molecule has 0 radical (unpaired) electrons. The molecule has 1 aliphatic carbocycles. The van der Waals surface area contributed by atoms with Crippen molar-refractivity contribution in [2.75, 3.05) is 26.7 Å². The van der Waals surface area contributed by atoms with Gasteiger partial charge in [-0.25, -0.2) is 4.98 Å². The van der Waals surface area contributed by atoms with Crippen LogP contribution < -0.4 is 10.6 Å². The van der Waals surface area contributed by atoms with Crippen molar-refractivity contribution in [3.05, 3.63) is 51.5 Å². The number of carbonyl (C=O) groups excluding carboxylic acids is 1. The molecule has 3 aliphatic rings. The minimum absolute atomic E-state index is 0.0321. The van der Waals surface area contributed by atoms with E-state index in [-0.39, 0.29) is 11.3 Å². The monoisotopic (exact) mass is 522 g/mol. The zero-order valence-electron chi connectivity index (χ0n) is 23.3. The van der Waals surface area contributed by atoms with Crippen LogP contribution in [0.3, 0.4) is 0 Å². The summed E-state index contributed by atoms with van der Waals surface area (Å²) in [7, 11) is 2.01. The van der Waals surface area contributed by atoms with Gasteiger partial charge in [-0.3, -0.25) is 4.79 Å². The lowest BCUT2D eigenvalue weighted by Gasteiger charge is -2.46. The zero-order valence-corrected chi connectivity index (χ0v) is 24.1. The molecule has 37 heavy (non-hydrogen) atoms. The molecule has 3 fully saturated rings. The maximum Gasteiger partial charge on any atom is 0.228 e. The average Bonchev–Trinajstić information content (AvgIpc) is 3.51. The number of rotatable bonds is 7. The largest absolute Gasteiger partial charge is 0.339 e.